The van der Waals surface area contributed by atoms with E-state index in [-0.39, 0.29) is 0 Å². The molecule has 16 heavy (non-hydrogen) atoms. The van der Waals surface area contributed by atoms with Gasteiger partial charge in [0, 0.05) is 26.5 Å². The van der Waals surface area contributed by atoms with Gasteiger partial charge in [-0.25, -0.2) is 4.98 Å². The van der Waals surface area contributed by atoms with Gasteiger partial charge in [0.25, 0.3) is 0 Å². The normalized spacial score (nSPS) is 10.4. The number of methoxy groups -OCH3 is 1. The van der Waals surface area contributed by atoms with Gasteiger partial charge >= 0.3 is 0 Å². The summed E-state index contributed by atoms with van der Waals surface area (Å²) in [4.78, 5) is 4.08. The zero-order valence-electron chi connectivity index (χ0n) is 9.32. The largest absolute Gasteiger partial charge is 0.474 e. The molecule has 0 saturated heterocycles. The van der Waals surface area contributed by atoms with Crippen LogP contribution in [0.4, 0.5) is 0 Å². The summed E-state index contributed by atoms with van der Waals surface area (Å²) >= 11 is 3.35. The maximum atomic E-state index is 5.43. The van der Waals surface area contributed by atoms with Crippen LogP contribution in [0.5, 0.6) is 5.88 Å². The van der Waals surface area contributed by atoms with Crippen molar-refractivity contribution in [2.75, 3.05) is 33.5 Å². The van der Waals surface area contributed by atoms with E-state index in [1.54, 1.807) is 13.3 Å². The molecular formula is C11H16BrNO3. The van der Waals surface area contributed by atoms with E-state index in [1.807, 2.05) is 12.1 Å². The van der Waals surface area contributed by atoms with Gasteiger partial charge in [0.1, 0.15) is 6.61 Å². The second-order valence-corrected chi connectivity index (χ2v) is 3.95. The number of pyridine rings is 1. The lowest BCUT2D eigenvalue weighted by molar-refractivity contribution is 0.0793. The van der Waals surface area contributed by atoms with Crippen LogP contribution in [0.25, 0.3) is 0 Å². The van der Waals surface area contributed by atoms with Crippen molar-refractivity contribution in [3.8, 4) is 5.88 Å². The minimum atomic E-state index is 0.503. The van der Waals surface area contributed by atoms with E-state index in [0.717, 1.165) is 17.5 Å². The fourth-order valence-corrected chi connectivity index (χ4v) is 1.45. The average molecular weight is 290 g/mol. The molecule has 0 aliphatic carbocycles. The standard InChI is InChI=1S/C11H16BrNO3/c1-14-6-3-7-15-8-9-16-11-10(12)4-2-5-13-11/h2,4-5H,3,6-9H2,1H3. The lowest BCUT2D eigenvalue weighted by atomic mass is 10.5. The SMILES string of the molecule is COCCCOCCOc1ncccc1Br. The summed E-state index contributed by atoms with van der Waals surface area (Å²) in [5, 5.41) is 0. The van der Waals surface area contributed by atoms with Gasteiger partial charge < -0.3 is 14.2 Å². The molecular weight excluding hydrogens is 274 g/mol. The third-order valence-electron chi connectivity index (χ3n) is 1.83. The fourth-order valence-electron chi connectivity index (χ4n) is 1.08. The van der Waals surface area contributed by atoms with E-state index in [4.69, 9.17) is 14.2 Å². The summed E-state index contributed by atoms with van der Waals surface area (Å²) in [6.45, 7) is 2.49. The molecule has 0 atom stereocenters. The first-order valence-corrected chi connectivity index (χ1v) is 5.94. The number of hydrogen-bond donors (Lipinski definition) is 0. The minimum Gasteiger partial charge on any atom is -0.474 e. The highest BCUT2D eigenvalue weighted by Crippen LogP contribution is 2.20. The van der Waals surface area contributed by atoms with Gasteiger partial charge in [-0.3, -0.25) is 0 Å². The summed E-state index contributed by atoms with van der Waals surface area (Å²) in [7, 11) is 1.68. The van der Waals surface area contributed by atoms with Crippen molar-refractivity contribution in [1.82, 2.24) is 4.98 Å². The number of aromatic nitrogens is 1. The Morgan fingerprint density at radius 2 is 2.12 bits per heavy atom. The fraction of sp³-hybridized carbons (Fsp3) is 0.545. The molecule has 0 saturated carbocycles. The molecule has 0 bridgehead atoms. The first-order valence-electron chi connectivity index (χ1n) is 5.14. The molecule has 5 heteroatoms. The second kappa shape index (κ2) is 8.50. The van der Waals surface area contributed by atoms with Crippen molar-refractivity contribution in [3.63, 3.8) is 0 Å². The van der Waals surface area contributed by atoms with Crippen LogP contribution in [-0.2, 0) is 9.47 Å². The van der Waals surface area contributed by atoms with E-state index in [2.05, 4.69) is 20.9 Å². The molecule has 1 aromatic rings. The summed E-state index contributed by atoms with van der Waals surface area (Å²) in [6.07, 6.45) is 2.60. The zero-order valence-corrected chi connectivity index (χ0v) is 10.9. The molecule has 0 aliphatic rings. The van der Waals surface area contributed by atoms with Crippen LogP contribution < -0.4 is 4.74 Å². The Kier molecular flexibility index (Phi) is 7.12. The van der Waals surface area contributed by atoms with Gasteiger partial charge in [0.2, 0.25) is 5.88 Å². The first kappa shape index (κ1) is 13.4. The van der Waals surface area contributed by atoms with Gasteiger partial charge in [-0.1, -0.05) is 0 Å². The van der Waals surface area contributed by atoms with Gasteiger partial charge in [0.15, 0.2) is 0 Å². The lowest BCUT2D eigenvalue weighted by Gasteiger charge is -2.07. The van der Waals surface area contributed by atoms with Crippen LogP contribution >= 0.6 is 15.9 Å². The van der Waals surface area contributed by atoms with Crippen molar-refractivity contribution in [1.29, 1.82) is 0 Å². The minimum absolute atomic E-state index is 0.503. The first-order chi connectivity index (χ1) is 7.84. The second-order valence-electron chi connectivity index (χ2n) is 3.10. The molecule has 0 aromatic carbocycles. The Morgan fingerprint density at radius 3 is 2.88 bits per heavy atom. The predicted molar refractivity (Wildman–Crippen MR) is 64.7 cm³/mol. The van der Waals surface area contributed by atoms with Gasteiger partial charge in [-0.2, -0.15) is 0 Å². The monoisotopic (exact) mass is 289 g/mol. The van der Waals surface area contributed by atoms with Crippen molar-refractivity contribution in [3.05, 3.63) is 22.8 Å². The van der Waals surface area contributed by atoms with Gasteiger partial charge in [-0.05, 0) is 34.5 Å². The number of nitrogens with zero attached hydrogens (tertiary/aromatic N) is 1. The predicted octanol–water partition coefficient (Wildman–Crippen LogP) is 2.28. The molecule has 0 radical (unpaired) electrons. The summed E-state index contributed by atoms with van der Waals surface area (Å²) < 4.78 is 16.5. The summed E-state index contributed by atoms with van der Waals surface area (Å²) in [5.74, 6) is 0.600. The molecule has 0 N–H and O–H groups in total. The van der Waals surface area contributed by atoms with Crippen LogP contribution in [0, 0.1) is 0 Å². The summed E-state index contributed by atoms with van der Waals surface area (Å²) in [5.41, 5.74) is 0. The van der Waals surface area contributed by atoms with Crippen molar-refractivity contribution in [2.24, 2.45) is 0 Å². The Bertz CT molecular complexity index is 296. The van der Waals surface area contributed by atoms with Crippen molar-refractivity contribution < 1.29 is 14.2 Å². The molecule has 0 spiro atoms. The van der Waals surface area contributed by atoms with E-state index < -0.39 is 0 Å². The third kappa shape index (κ3) is 5.44. The number of halogens is 1. The van der Waals surface area contributed by atoms with Crippen molar-refractivity contribution >= 4 is 15.9 Å². The lowest BCUT2D eigenvalue weighted by Crippen LogP contribution is -2.09. The maximum absolute atomic E-state index is 5.43. The molecule has 0 unspecified atom stereocenters. The quantitative estimate of drug-likeness (QED) is 0.689. The van der Waals surface area contributed by atoms with Crippen LogP contribution in [0.15, 0.2) is 22.8 Å². The van der Waals surface area contributed by atoms with E-state index >= 15 is 0 Å². The molecule has 0 fully saturated rings. The Labute approximate surface area is 104 Å². The smallest absolute Gasteiger partial charge is 0.228 e. The van der Waals surface area contributed by atoms with Crippen LogP contribution in [0.2, 0.25) is 0 Å². The van der Waals surface area contributed by atoms with Crippen molar-refractivity contribution in [2.45, 2.75) is 6.42 Å². The molecule has 90 valence electrons. The highest BCUT2D eigenvalue weighted by molar-refractivity contribution is 9.10. The maximum Gasteiger partial charge on any atom is 0.228 e. The van der Waals surface area contributed by atoms with E-state index in [1.165, 1.54) is 0 Å². The molecule has 0 amide bonds. The summed E-state index contributed by atoms with van der Waals surface area (Å²) in [6, 6.07) is 3.74. The van der Waals surface area contributed by atoms with E-state index in [9.17, 15) is 0 Å². The number of hydrogen-bond acceptors (Lipinski definition) is 4. The van der Waals surface area contributed by atoms with Crippen LogP contribution in [0.1, 0.15) is 6.42 Å². The van der Waals surface area contributed by atoms with Gasteiger partial charge in [-0.15, -0.1) is 0 Å². The van der Waals surface area contributed by atoms with Crippen LogP contribution in [0.3, 0.4) is 0 Å². The average Bonchev–Trinajstić information content (AvgIpc) is 2.30. The van der Waals surface area contributed by atoms with E-state index in [0.29, 0.717) is 25.7 Å². The molecule has 1 aromatic heterocycles. The van der Waals surface area contributed by atoms with Crippen LogP contribution in [-0.4, -0.2) is 38.5 Å². The molecule has 0 aliphatic heterocycles. The molecule has 4 nitrogen and oxygen atoms in total. The molecule has 1 rings (SSSR count). The third-order valence-corrected chi connectivity index (χ3v) is 2.43. The highest BCUT2D eigenvalue weighted by atomic mass is 79.9. The Hall–Kier alpha value is -0.650. The highest BCUT2D eigenvalue weighted by Gasteiger charge is 2.00. The Balaban J connectivity index is 2.05. The molecule has 1 heterocycles. The topological polar surface area (TPSA) is 40.6 Å². The number of ether oxygens (including phenoxy) is 3. The number of rotatable bonds is 8. The Morgan fingerprint density at radius 1 is 1.25 bits per heavy atom. The zero-order chi connectivity index (χ0) is 11.6. The van der Waals surface area contributed by atoms with Gasteiger partial charge in [0.05, 0.1) is 11.1 Å².